The van der Waals surface area contributed by atoms with Crippen molar-refractivity contribution in [3.8, 4) is 0 Å². The van der Waals surface area contributed by atoms with Crippen LogP contribution in [0.15, 0.2) is 67.8 Å². The summed E-state index contributed by atoms with van der Waals surface area (Å²) in [6.07, 6.45) is 6.64. The Balaban J connectivity index is 2.00. The molecule has 1 amide bonds. The number of carbonyl (C=O) groups is 3. The van der Waals surface area contributed by atoms with Crippen LogP contribution < -0.4 is 10.6 Å². The van der Waals surface area contributed by atoms with E-state index in [4.69, 9.17) is 14.7 Å². The van der Waals surface area contributed by atoms with Gasteiger partial charge in [0, 0.05) is 11.9 Å². The van der Waals surface area contributed by atoms with Crippen LogP contribution in [0.4, 0.5) is 5.69 Å². The summed E-state index contributed by atoms with van der Waals surface area (Å²) in [7, 11) is -3.46. The number of hydrogen-bond acceptors (Lipinski definition) is 13. The number of aryl methyl sites for hydroxylation is 1. The van der Waals surface area contributed by atoms with Crippen molar-refractivity contribution in [1.29, 1.82) is 0 Å². The summed E-state index contributed by atoms with van der Waals surface area (Å²) in [5.41, 5.74) is -1.73. The number of carbonyl (C=O) groups excluding carboxylic acids is 3. The van der Waals surface area contributed by atoms with E-state index in [1.54, 1.807) is 6.92 Å². The van der Waals surface area contributed by atoms with Crippen LogP contribution >= 0.6 is 12.0 Å². The molecule has 1 aromatic heterocycles. The largest absolute Gasteiger partial charge is 0.461 e. The minimum absolute atomic E-state index is 0.0243. The van der Waals surface area contributed by atoms with Crippen LogP contribution in [-0.2, 0) is 45.6 Å². The molecule has 0 saturated carbocycles. The number of aromatic nitrogens is 2. The lowest BCUT2D eigenvalue weighted by atomic mass is 10.1. The summed E-state index contributed by atoms with van der Waals surface area (Å²) in [6, 6.07) is 3.21. The molecule has 18 heteroatoms. The number of benzene rings is 1. The maximum Gasteiger partial charge on any atom is 0.359 e. The maximum atomic E-state index is 13.3. The molecule has 0 bridgehead atoms. The Morgan fingerprint density at radius 1 is 1.10 bits per heavy atom. The normalized spacial score (nSPS) is 14.8. The van der Waals surface area contributed by atoms with E-state index in [0.717, 1.165) is 16.8 Å². The van der Waals surface area contributed by atoms with E-state index in [1.807, 2.05) is 0 Å². The molecule has 0 unspecified atom stereocenters. The van der Waals surface area contributed by atoms with Crippen molar-refractivity contribution in [3.63, 3.8) is 0 Å². The molecule has 224 valence electrons. The van der Waals surface area contributed by atoms with Gasteiger partial charge in [0.05, 0.1) is 42.1 Å². The van der Waals surface area contributed by atoms with Crippen LogP contribution in [0.25, 0.3) is 6.08 Å². The fraction of sp³-hybridized carbons (Fsp3) is 0.208. The van der Waals surface area contributed by atoms with Crippen LogP contribution in [0.5, 0.6) is 0 Å². The standard InChI is InChI=1S/C24H24N4O12S2/c1-4-37-23(31)19-15(21(29)27(3)25-19)9-7-6-8-10-16-20(24(32)38-5-2)26-28(22(16)30)17-13-14(41-40-39-33)11-12-18(17)42(34,35)36/h6-13,25,33H,4-5H2,1-3H3,(H,34,35,36)/b8-6?,9-7?,16-10-. The number of hydrogen-bond donors (Lipinski definition) is 3. The predicted octanol–water partition coefficient (Wildman–Crippen LogP) is 2.03. The highest BCUT2D eigenvalue weighted by molar-refractivity contribution is 7.94. The van der Waals surface area contributed by atoms with E-state index >= 15 is 0 Å². The number of ether oxygens (including phenoxy) is 2. The zero-order valence-electron chi connectivity index (χ0n) is 22.2. The van der Waals surface area contributed by atoms with E-state index in [1.165, 1.54) is 50.4 Å². The monoisotopic (exact) mass is 624 g/mol. The van der Waals surface area contributed by atoms with Crippen LogP contribution in [0.3, 0.4) is 0 Å². The van der Waals surface area contributed by atoms with E-state index in [2.05, 4.69) is 19.6 Å². The van der Waals surface area contributed by atoms with Gasteiger partial charge in [0.15, 0.2) is 11.4 Å². The molecule has 2 heterocycles. The first-order chi connectivity index (χ1) is 19.9. The summed E-state index contributed by atoms with van der Waals surface area (Å²) in [4.78, 5) is 49.9. The Morgan fingerprint density at radius 3 is 2.43 bits per heavy atom. The summed E-state index contributed by atoms with van der Waals surface area (Å²) in [5, 5.41) is 19.0. The van der Waals surface area contributed by atoms with Gasteiger partial charge in [-0.2, -0.15) is 18.5 Å². The van der Waals surface area contributed by atoms with Crippen LogP contribution in [0.2, 0.25) is 0 Å². The predicted molar refractivity (Wildman–Crippen MR) is 147 cm³/mol. The van der Waals surface area contributed by atoms with Gasteiger partial charge in [0.1, 0.15) is 4.90 Å². The Labute approximate surface area is 242 Å². The quantitative estimate of drug-likeness (QED) is 0.0587. The van der Waals surface area contributed by atoms with Crippen LogP contribution in [-0.4, -0.2) is 64.8 Å². The molecule has 16 nitrogen and oxygen atoms in total. The number of rotatable bonds is 12. The Hall–Kier alpha value is -4.33. The van der Waals surface area contributed by atoms with Gasteiger partial charge in [0.2, 0.25) is 0 Å². The van der Waals surface area contributed by atoms with Gasteiger partial charge in [0.25, 0.3) is 21.6 Å². The number of hydrazone groups is 1. The highest BCUT2D eigenvalue weighted by atomic mass is 32.2. The van der Waals surface area contributed by atoms with Gasteiger partial charge >= 0.3 is 11.9 Å². The molecular formula is C24H24N4O12S2. The molecule has 1 aromatic carbocycles. The lowest BCUT2D eigenvalue weighted by Gasteiger charge is -2.15. The average Bonchev–Trinajstić information content (AvgIpc) is 3.42. The number of amides is 1. The van der Waals surface area contributed by atoms with Gasteiger partial charge in [-0.05, 0) is 44.2 Å². The number of nitrogens with zero attached hydrogens (tertiary/aromatic N) is 3. The van der Waals surface area contributed by atoms with Crippen molar-refractivity contribution in [3.05, 3.63) is 69.7 Å². The lowest BCUT2D eigenvalue weighted by Crippen LogP contribution is -2.24. The second-order valence-corrected chi connectivity index (χ2v) is 10.1. The summed E-state index contributed by atoms with van der Waals surface area (Å²) < 4.78 is 49.1. The first kappa shape index (κ1) is 32.2. The second-order valence-electron chi connectivity index (χ2n) is 7.93. The third-order valence-corrected chi connectivity index (χ3v) is 6.73. The number of aromatic amines is 1. The van der Waals surface area contributed by atoms with Crippen molar-refractivity contribution >= 4 is 57.5 Å². The van der Waals surface area contributed by atoms with Crippen LogP contribution in [0, 0.1) is 0 Å². The Kier molecular flexibility index (Phi) is 10.8. The fourth-order valence-corrected chi connectivity index (χ4v) is 4.56. The molecule has 3 rings (SSSR count). The van der Waals surface area contributed by atoms with Gasteiger partial charge in [-0.3, -0.25) is 23.9 Å². The average molecular weight is 625 g/mol. The molecular weight excluding hydrogens is 600 g/mol. The third-order valence-electron chi connectivity index (χ3n) is 5.26. The van der Waals surface area contributed by atoms with Crippen molar-refractivity contribution in [1.82, 2.24) is 9.78 Å². The van der Waals surface area contributed by atoms with Crippen molar-refractivity contribution in [2.24, 2.45) is 12.1 Å². The zero-order chi connectivity index (χ0) is 31.0. The van der Waals surface area contributed by atoms with Gasteiger partial charge in [-0.15, -0.1) is 4.33 Å². The first-order valence-corrected chi connectivity index (χ1v) is 14.0. The van der Waals surface area contributed by atoms with Crippen molar-refractivity contribution in [2.75, 3.05) is 18.2 Å². The second kappa shape index (κ2) is 14.0. The van der Waals surface area contributed by atoms with E-state index < -0.39 is 49.8 Å². The molecule has 0 fully saturated rings. The SMILES string of the molecule is CCOC(=O)C1=NN(c2cc(SOOO)ccc2S(=O)(=O)O)C(=O)/C1=C\C=CC=Cc1c(C(=O)OCC)[nH]n(C)c1=O. The van der Waals surface area contributed by atoms with Crippen molar-refractivity contribution < 1.29 is 51.5 Å². The fourth-order valence-electron chi connectivity index (χ4n) is 3.51. The van der Waals surface area contributed by atoms with E-state index in [-0.39, 0.29) is 34.9 Å². The lowest BCUT2D eigenvalue weighted by molar-refractivity contribution is -0.432. The molecule has 3 N–H and O–H groups in total. The Morgan fingerprint density at radius 2 is 1.79 bits per heavy atom. The van der Waals surface area contributed by atoms with Crippen LogP contribution in [0.1, 0.15) is 29.9 Å². The number of anilines is 1. The highest BCUT2D eigenvalue weighted by Crippen LogP contribution is 2.34. The van der Waals surface area contributed by atoms with E-state index in [0.29, 0.717) is 17.1 Å². The molecule has 0 atom stereocenters. The maximum absolute atomic E-state index is 13.3. The minimum Gasteiger partial charge on any atom is -0.461 e. The molecule has 0 spiro atoms. The smallest absolute Gasteiger partial charge is 0.359 e. The topological polar surface area (TPSA) is 216 Å². The molecule has 42 heavy (non-hydrogen) atoms. The molecule has 1 aliphatic heterocycles. The molecule has 2 aromatic rings. The number of H-pyrrole nitrogens is 1. The van der Waals surface area contributed by atoms with Crippen molar-refractivity contribution in [2.45, 2.75) is 23.6 Å². The summed E-state index contributed by atoms with van der Waals surface area (Å²) in [5.74, 6) is -2.67. The third kappa shape index (κ3) is 7.29. The number of allylic oxidation sites excluding steroid dienone is 4. The first-order valence-electron chi connectivity index (χ1n) is 11.8. The van der Waals surface area contributed by atoms with Gasteiger partial charge in [-0.25, -0.2) is 14.8 Å². The Bertz CT molecular complexity index is 1670. The molecule has 1 aliphatic rings. The van der Waals surface area contributed by atoms with E-state index in [9.17, 15) is 32.1 Å². The van der Waals surface area contributed by atoms with Gasteiger partial charge < -0.3 is 9.47 Å². The summed E-state index contributed by atoms with van der Waals surface area (Å²) in [6.45, 7) is 3.18. The minimum atomic E-state index is -4.88. The van der Waals surface area contributed by atoms with Gasteiger partial charge in [-0.1, -0.05) is 23.3 Å². The molecule has 0 aliphatic carbocycles. The highest BCUT2D eigenvalue weighted by Gasteiger charge is 2.38. The molecule has 0 saturated heterocycles. The molecule has 0 radical (unpaired) electrons. The number of esters is 2. The number of nitrogens with one attached hydrogen (secondary N) is 1. The zero-order valence-corrected chi connectivity index (χ0v) is 23.8. The summed E-state index contributed by atoms with van der Waals surface area (Å²) >= 11 is 0.440.